The molecule has 2 N–H and O–H groups in total. The first-order chi connectivity index (χ1) is 13.0. The molecule has 158 valence electrons. The molecule has 1 fully saturated rings. The van der Waals surface area contributed by atoms with Gasteiger partial charge in [-0.1, -0.05) is 19.1 Å². The number of amides is 1. The minimum absolute atomic E-state index is 0. The van der Waals surface area contributed by atoms with Crippen LogP contribution in [0.3, 0.4) is 0 Å². The topological polar surface area (TPSA) is 66.0 Å². The highest BCUT2D eigenvalue weighted by molar-refractivity contribution is 14.0. The van der Waals surface area contributed by atoms with Crippen LogP contribution in [0.4, 0.5) is 0 Å². The van der Waals surface area contributed by atoms with Gasteiger partial charge in [-0.3, -0.25) is 9.79 Å². The van der Waals surface area contributed by atoms with Gasteiger partial charge in [0.15, 0.2) is 5.96 Å². The number of likely N-dealkylation sites (tertiary alicyclic amines) is 1. The molecule has 1 heterocycles. The van der Waals surface area contributed by atoms with Crippen LogP contribution < -0.4 is 15.4 Å². The molecule has 1 aromatic carbocycles. The van der Waals surface area contributed by atoms with Crippen LogP contribution in [-0.4, -0.2) is 49.6 Å². The second-order valence-corrected chi connectivity index (χ2v) is 7.17. The quantitative estimate of drug-likeness (QED) is 0.341. The molecule has 1 aliphatic heterocycles. The van der Waals surface area contributed by atoms with Gasteiger partial charge >= 0.3 is 0 Å². The third kappa shape index (κ3) is 7.85. The molecule has 1 saturated heterocycles. The molecule has 28 heavy (non-hydrogen) atoms. The number of piperidine rings is 1. The zero-order chi connectivity index (χ0) is 19.6. The van der Waals surface area contributed by atoms with Gasteiger partial charge in [-0.05, 0) is 51.2 Å². The van der Waals surface area contributed by atoms with Crippen LogP contribution in [0, 0.1) is 6.92 Å². The average Bonchev–Trinajstić information content (AvgIpc) is 2.69. The third-order valence-corrected chi connectivity index (χ3v) is 4.91. The summed E-state index contributed by atoms with van der Waals surface area (Å²) < 4.78 is 6.06. The molecular weight excluding hydrogens is 467 g/mol. The van der Waals surface area contributed by atoms with Crippen LogP contribution in [0.1, 0.15) is 50.7 Å². The van der Waals surface area contributed by atoms with E-state index in [1.54, 1.807) is 7.05 Å². The number of aryl methyl sites for hydroxylation is 1. The molecule has 7 heteroatoms. The summed E-state index contributed by atoms with van der Waals surface area (Å²) in [6.07, 6.45) is 4.56. The zero-order valence-electron chi connectivity index (χ0n) is 17.6. The second-order valence-electron chi connectivity index (χ2n) is 7.17. The fourth-order valence-corrected chi connectivity index (χ4v) is 3.03. The number of hydrogen-bond acceptors (Lipinski definition) is 3. The van der Waals surface area contributed by atoms with Gasteiger partial charge in [-0.2, -0.15) is 0 Å². The van der Waals surface area contributed by atoms with Crippen molar-refractivity contribution in [2.45, 2.75) is 59.1 Å². The summed E-state index contributed by atoms with van der Waals surface area (Å²) in [7, 11) is 1.71. The predicted octanol–water partition coefficient (Wildman–Crippen LogP) is 3.47. The van der Waals surface area contributed by atoms with Gasteiger partial charge in [0.1, 0.15) is 5.75 Å². The maximum Gasteiger partial charge on any atom is 0.241 e. The number of nitrogens with one attached hydrogen (secondary N) is 2. The predicted molar refractivity (Wildman–Crippen MR) is 126 cm³/mol. The number of hydrogen-bond donors (Lipinski definition) is 2. The number of guanidine groups is 1. The van der Waals surface area contributed by atoms with E-state index in [0.717, 1.165) is 43.7 Å². The van der Waals surface area contributed by atoms with Crippen molar-refractivity contribution >= 4 is 35.8 Å². The molecule has 0 spiro atoms. The first-order valence-corrected chi connectivity index (χ1v) is 10.0. The minimum atomic E-state index is 0. The number of carbonyl (C=O) groups excluding carboxylic acids is 1. The lowest BCUT2D eigenvalue weighted by Crippen LogP contribution is -2.45. The number of aliphatic imine (C=N–C) groups is 1. The van der Waals surface area contributed by atoms with Gasteiger partial charge in [0.25, 0.3) is 0 Å². The van der Waals surface area contributed by atoms with Gasteiger partial charge in [0.05, 0.1) is 12.6 Å². The van der Waals surface area contributed by atoms with Crippen molar-refractivity contribution in [3.63, 3.8) is 0 Å². The normalized spacial score (nSPS) is 15.4. The Morgan fingerprint density at radius 2 is 1.96 bits per heavy atom. The largest absolute Gasteiger partial charge is 0.490 e. The fourth-order valence-electron chi connectivity index (χ4n) is 3.03. The lowest BCUT2D eigenvalue weighted by Gasteiger charge is -2.27. The Balaban J connectivity index is 0.00000392. The summed E-state index contributed by atoms with van der Waals surface area (Å²) in [5.41, 5.74) is 2.25. The van der Waals surface area contributed by atoms with E-state index in [-0.39, 0.29) is 42.5 Å². The van der Waals surface area contributed by atoms with Crippen LogP contribution in [0.5, 0.6) is 5.75 Å². The maximum absolute atomic E-state index is 12.3. The van der Waals surface area contributed by atoms with E-state index in [0.29, 0.717) is 12.5 Å². The van der Waals surface area contributed by atoms with E-state index in [2.05, 4.69) is 54.6 Å². The standard InChI is InChI=1S/C21H34N4O2.HI/c1-5-17(3)27-19-13-16(2)9-10-18(19)14-23-21(22-4)24-15-20(26)25-11-7-6-8-12-25;/h9-10,13,17H,5-8,11-12,14-15H2,1-4H3,(H2,22,23,24);1H. The SMILES string of the molecule is CCC(C)Oc1cc(C)ccc1CNC(=NC)NCC(=O)N1CCCCC1.I. The van der Waals surface area contributed by atoms with Crippen molar-refractivity contribution in [3.8, 4) is 5.75 Å². The second kappa shape index (κ2) is 12.9. The van der Waals surface area contributed by atoms with Crippen molar-refractivity contribution in [2.24, 2.45) is 4.99 Å². The Kier molecular flexibility index (Phi) is 11.3. The number of rotatable bonds is 7. The first-order valence-electron chi connectivity index (χ1n) is 10.0. The molecule has 0 saturated carbocycles. The van der Waals surface area contributed by atoms with E-state index in [4.69, 9.17) is 4.74 Å². The summed E-state index contributed by atoms with van der Waals surface area (Å²) >= 11 is 0. The number of benzene rings is 1. The highest BCUT2D eigenvalue weighted by atomic mass is 127. The van der Waals surface area contributed by atoms with Gasteiger partial charge in [0.2, 0.25) is 5.91 Å². The molecule has 1 aliphatic rings. The molecule has 6 nitrogen and oxygen atoms in total. The number of ether oxygens (including phenoxy) is 1. The molecule has 0 radical (unpaired) electrons. The van der Waals surface area contributed by atoms with Crippen LogP contribution in [0.15, 0.2) is 23.2 Å². The van der Waals surface area contributed by atoms with E-state index < -0.39 is 0 Å². The molecule has 0 aromatic heterocycles. The van der Waals surface area contributed by atoms with Crippen LogP contribution in [0.2, 0.25) is 0 Å². The number of nitrogens with zero attached hydrogens (tertiary/aromatic N) is 2. The van der Waals surface area contributed by atoms with Crippen LogP contribution in [-0.2, 0) is 11.3 Å². The molecule has 1 amide bonds. The summed E-state index contributed by atoms with van der Waals surface area (Å²) in [6, 6.07) is 6.22. The van der Waals surface area contributed by atoms with Crippen molar-refractivity contribution in [1.29, 1.82) is 0 Å². The van der Waals surface area contributed by atoms with Crippen molar-refractivity contribution < 1.29 is 9.53 Å². The average molecular weight is 502 g/mol. The molecule has 1 unspecified atom stereocenters. The highest BCUT2D eigenvalue weighted by Crippen LogP contribution is 2.22. The maximum atomic E-state index is 12.3. The van der Waals surface area contributed by atoms with Crippen molar-refractivity contribution in [1.82, 2.24) is 15.5 Å². The fraction of sp³-hybridized carbons (Fsp3) is 0.619. The Morgan fingerprint density at radius 1 is 1.25 bits per heavy atom. The smallest absolute Gasteiger partial charge is 0.241 e. The lowest BCUT2D eigenvalue weighted by molar-refractivity contribution is -0.130. The molecule has 1 aromatic rings. The summed E-state index contributed by atoms with van der Waals surface area (Å²) in [4.78, 5) is 18.5. The van der Waals surface area contributed by atoms with Crippen LogP contribution >= 0.6 is 24.0 Å². The number of halogens is 1. The summed E-state index contributed by atoms with van der Waals surface area (Å²) in [6.45, 7) is 8.84. The Hall–Kier alpha value is -1.51. The number of carbonyl (C=O) groups is 1. The van der Waals surface area contributed by atoms with Gasteiger partial charge < -0.3 is 20.3 Å². The Labute approximate surface area is 186 Å². The van der Waals surface area contributed by atoms with Crippen molar-refractivity contribution in [2.75, 3.05) is 26.7 Å². The van der Waals surface area contributed by atoms with Gasteiger partial charge in [0, 0.05) is 32.2 Å². The zero-order valence-corrected chi connectivity index (χ0v) is 19.9. The Bertz CT molecular complexity index is 645. The Morgan fingerprint density at radius 3 is 2.61 bits per heavy atom. The highest BCUT2D eigenvalue weighted by Gasteiger charge is 2.16. The van der Waals surface area contributed by atoms with E-state index >= 15 is 0 Å². The van der Waals surface area contributed by atoms with Gasteiger partial charge in [-0.25, -0.2) is 0 Å². The summed E-state index contributed by atoms with van der Waals surface area (Å²) in [5, 5.41) is 6.41. The van der Waals surface area contributed by atoms with Crippen LogP contribution in [0.25, 0.3) is 0 Å². The minimum Gasteiger partial charge on any atom is -0.490 e. The molecule has 1 atom stereocenters. The third-order valence-electron chi connectivity index (χ3n) is 4.91. The molecular formula is C21H35IN4O2. The van der Waals surface area contributed by atoms with E-state index in [1.807, 2.05) is 4.90 Å². The van der Waals surface area contributed by atoms with Gasteiger partial charge in [-0.15, -0.1) is 24.0 Å². The van der Waals surface area contributed by atoms with E-state index in [9.17, 15) is 4.79 Å². The molecule has 0 aliphatic carbocycles. The first kappa shape index (κ1) is 24.5. The lowest BCUT2D eigenvalue weighted by atomic mass is 10.1. The molecule has 0 bridgehead atoms. The molecule has 2 rings (SSSR count). The summed E-state index contributed by atoms with van der Waals surface area (Å²) in [5.74, 6) is 1.65. The van der Waals surface area contributed by atoms with E-state index in [1.165, 1.54) is 12.0 Å². The van der Waals surface area contributed by atoms with Crippen molar-refractivity contribution in [3.05, 3.63) is 29.3 Å². The monoisotopic (exact) mass is 502 g/mol.